The van der Waals surface area contributed by atoms with Gasteiger partial charge < -0.3 is 89.3 Å². The number of guanidine groups is 2. The normalized spacial score (nSPS) is 22.8. The van der Waals surface area contributed by atoms with E-state index >= 15 is 0 Å². The molecule has 2 fully saturated rings. The third kappa shape index (κ3) is 27.5. The van der Waals surface area contributed by atoms with Gasteiger partial charge in [-0.15, -0.1) is 0 Å². The van der Waals surface area contributed by atoms with Crippen molar-refractivity contribution >= 4 is 132 Å². The van der Waals surface area contributed by atoms with E-state index in [-0.39, 0.29) is 89.7 Å². The maximum Gasteiger partial charge on any atom is 0.330 e. The molecule has 7 amide bonds. The summed E-state index contributed by atoms with van der Waals surface area (Å²) in [5, 5.41) is 31.8. The Morgan fingerprint density at radius 2 is 1.31 bits per heavy atom. The number of methoxy groups -OCH3 is 1. The first kappa shape index (κ1) is 73.7. The lowest BCUT2D eigenvalue weighted by molar-refractivity contribution is -0.162. The van der Waals surface area contributed by atoms with Gasteiger partial charge in [-0.1, -0.05) is 37.5 Å². The molecular formula is C48H75BrN14O20S2. The summed E-state index contributed by atoms with van der Waals surface area (Å²) in [6, 6.07) is -9.85. The maximum atomic E-state index is 13.9. The molecule has 18 N–H and O–H groups in total. The molecular weight excluding hydrogens is 1240 g/mol. The van der Waals surface area contributed by atoms with Gasteiger partial charge in [-0.05, 0) is 65.7 Å². The number of fused-ring (bicyclic) bond motifs is 1. The summed E-state index contributed by atoms with van der Waals surface area (Å²) in [6.07, 6.45) is -3.08. The van der Waals surface area contributed by atoms with Gasteiger partial charge in [0, 0.05) is 31.8 Å². The Hall–Kier alpha value is -7.38. The number of hydrogen-bond donors (Lipinski definition) is 13. The van der Waals surface area contributed by atoms with Crippen molar-refractivity contribution in [2.45, 2.75) is 131 Å². The fraction of sp³-hybridized carbons (Fsp3) is 0.667. The zero-order chi connectivity index (χ0) is 64.2. The van der Waals surface area contributed by atoms with Crippen LogP contribution in [-0.2, 0) is 86.1 Å². The van der Waals surface area contributed by atoms with Gasteiger partial charge in [-0.25, -0.2) is 4.79 Å². The number of amides is 7. The summed E-state index contributed by atoms with van der Waals surface area (Å²) < 4.78 is 19.5. The first-order chi connectivity index (χ1) is 39.8. The van der Waals surface area contributed by atoms with Gasteiger partial charge in [0.25, 0.3) is 0 Å². The number of carboxylic acid groups (broad SMARTS) is 2. The van der Waals surface area contributed by atoms with Crippen molar-refractivity contribution < 1.29 is 96.3 Å². The number of alkyl halides is 1. The SMILES string of the molecule is COC(=O)C(C)(Br)CC(C)(C)C(=O)OCCOCC(=O)C[C@H]1SSCC(C(N)=O)NC(=O)[C@H](CC(=O)O)NC(=O)C2CCCN2C(=O)CNC(=O)[C@H](CCCN=C(N)N)NC(=O)[C@H](CC(=O)O)NC(=O)CN[C@H](CCCN=C(N)N)C(=O)OC1=O. The molecule has 2 aliphatic rings. The van der Waals surface area contributed by atoms with Crippen molar-refractivity contribution in [3.63, 3.8) is 0 Å². The second-order valence-corrected chi connectivity index (χ2v) is 24.4. The number of ketones is 1. The van der Waals surface area contributed by atoms with E-state index in [0.29, 0.717) is 21.6 Å². The number of nitrogens with two attached hydrogens (primary N) is 5. The van der Waals surface area contributed by atoms with E-state index in [2.05, 4.69) is 57.8 Å². The number of rotatable bonds is 24. The monoisotopic (exact) mass is 1310 g/mol. The van der Waals surface area contributed by atoms with Crippen LogP contribution in [0.25, 0.3) is 0 Å². The standard InChI is InChI=1S/C48H75BrN14O20S2/c1-47(2,23-48(3,49)44(79)80-4)43(78)82-15-14-81-21-24(64)16-31-42(77)83-41(76)26(9-6-12-56-46(53)54)57-19-32(65)59-27(17-34(67)68)38(73)60-25(8-5-11-55-45(51)52)37(72)58-20-33(66)63-13-7-10-30(63)40(75)61-28(18-35(69)70)39(74)62-29(36(50)71)22-84-85-31/h25-31,57H,5-23H2,1-4H3,(H2,50,71)(H,58,72)(H,59,65)(H,60,73)(H,61,75)(H,62,74)(H,67,68)(H,69,70)(H4,51,52,55)(H4,53,54,56)/t25-,26+,27-,28-,29?,30?,31+,48?/m0/s1. The van der Waals surface area contributed by atoms with Crippen molar-refractivity contribution in [3.05, 3.63) is 0 Å². The van der Waals surface area contributed by atoms with E-state index in [1.807, 2.05) is 0 Å². The number of cyclic esters (lactones) is 2. The lowest BCUT2D eigenvalue weighted by Crippen LogP contribution is -2.58. The summed E-state index contributed by atoms with van der Waals surface area (Å²) in [5.74, 6) is -16.7. The molecule has 2 aliphatic heterocycles. The number of carbonyl (C=O) groups is 14. The summed E-state index contributed by atoms with van der Waals surface area (Å²) in [4.78, 5) is 194. The van der Waals surface area contributed by atoms with Gasteiger partial charge in [0.2, 0.25) is 41.4 Å². The first-order valence-electron chi connectivity index (χ1n) is 26.2. The van der Waals surface area contributed by atoms with Crippen LogP contribution in [0.4, 0.5) is 0 Å². The predicted molar refractivity (Wildman–Crippen MR) is 305 cm³/mol. The number of carbonyl (C=O) groups excluding carboxylic acids is 12. The van der Waals surface area contributed by atoms with E-state index in [4.69, 9.17) is 47.6 Å². The van der Waals surface area contributed by atoms with Crippen LogP contribution in [0.3, 0.4) is 0 Å². The fourth-order valence-corrected chi connectivity index (χ4v) is 11.6. The number of halogens is 1. The number of nitrogens with zero attached hydrogens (tertiary/aromatic N) is 3. The highest BCUT2D eigenvalue weighted by Crippen LogP contribution is 2.36. The number of hydrogen-bond acceptors (Lipinski definition) is 23. The quantitative estimate of drug-likeness (QED) is 0.00627. The molecule has 37 heteroatoms. The highest BCUT2D eigenvalue weighted by atomic mass is 79.9. The molecule has 34 nitrogen and oxygen atoms in total. The number of ether oxygens (including phenoxy) is 4. The number of aliphatic imine (C=N–C) groups is 2. The van der Waals surface area contributed by atoms with Gasteiger partial charge in [-0.2, -0.15) is 0 Å². The third-order valence-corrected chi connectivity index (χ3v) is 15.6. The molecule has 8 atom stereocenters. The largest absolute Gasteiger partial charge is 0.481 e. The van der Waals surface area contributed by atoms with Crippen molar-refractivity contribution in [1.29, 1.82) is 0 Å². The van der Waals surface area contributed by atoms with Crippen LogP contribution < -0.4 is 60.6 Å². The van der Waals surface area contributed by atoms with Gasteiger partial charge in [0.1, 0.15) is 59.0 Å². The highest BCUT2D eigenvalue weighted by Gasteiger charge is 2.43. The van der Waals surface area contributed by atoms with Crippen LogP contribution in [0, 0.1) is 5.41 Å². The van der Waals surface area contributed by atoms with E-state index in [1.54, 1.807) is 0 Å². The minimum Gasteiger partial charge on any atom is -0.481 e. The number of nitrogens with one attached hydrogen (secondary N) is 6. The number of aliphatic carboxylic acids is 2. The Labute approximate surface area is 503 Å². The molecule has 476 valence electrons. The zero-order valence-corrected chi connectivity index (χ0v) is 50.4. The number of carboxylic acids is 2. The van der Waals surface area contributed by atoms with Gasteiger partial charge in [0.05, 0.1) is 45.1 Å². The summed E-state index contributed by atoms with van der Waals surface area (Å²) >= 11 is 3.26. The Kier molecular flexibility index (Phi) is 31.6. The van der Waals surface area contributed by atoms with E-state index in [9.17, 15) is 77.3 Å². The first-order valence-corrected chi connectivity index (χ1v) is 29.4. The number of Topliss-reactive ketones (excluding diaryl/α,β-unsaturated/α-hetero) is 1. The minimum atomic E-state index is -1.89. The lowest BCUT2D eigenvalue weighted by atomic mass is 9.83. The Bertz CT molecular complexity index is 2520. The molecule has 85 heavy (non-hydrogen) atoms. The second kappa shape index (κ2) is 36.5. The number of primary amides is 1. The predicted octanol–water partition coefficient (Wildman–Crippen LogP) is -5.37. The van der Waals surface area contributed by atoms with Crippen LogP contribution in [0.15, 0.2) is 9.98 Å². The maximum absolute atomic E-state index is 13.9. The summed E-state index contributed by atoms with van der Waals surface area (Å²) in [6.45, 7) is 1.34. The van der Waals surface area contributed by atoms with Crippen LogP contribution in [-0.4, -0.2) is 221 Å². The topological polar surface area (TPSA) is 547 Å². The summed E-state index contributed by atoms with van der Waals surface area (Å²) in [7, 11) is 2.39. The fourth-order valence-electron chi connectivity index (χ4n) is 8.15. The molecule has 0 aliphatic carbocycles. The smallest absolute Gasteiger partial charge is 0.330 e. The minimum absolute atomic E-state index is 0.00135. The average Bonchev–Trinajstić information content (AvgIpc) is 4.20. The van der Waals surface area contributed by atoms with Crippen molar-refractivity contribution in [2.75, 3.05) is 65.4 Å². The molecule has 2 rings (SSSR count). The molecule has 3 unspecified atom stereocenters. The van der Waals surface area contributed by atoms with E-state index in [0.717, 1.165) is 4.90 Å². The van der Waals surface area contributed by atoms with Crippen LogP contribution >= 0.6 is 37.5 Å². The number of esters is 4. The zero-order valence-electron chi connectivity index (χ0n) is 47.1. The Morgan fingerprint density at radius 3 is 1.88 bits per heavy atom. The second-order valence-electron chi connectivity index (χ2n) is 20.0. The molecule has 0 radical (unpaired) electrons. The molecule has 2 heterocycles. The lowest BCUT2D eigenvalue weighted by Gasteiger charge is -2.29. The van der Waals surface area contributed by atoms with Crippen LogP contribution in [0.1, 0.15) is 85.0 Å². The molecule has 0 spiro atoms. The van der Waals surface area contributed by atoms with E-state index < -0.39 is 179 Å². The average molecular weight is 1310 g/mol. The van der Waals surface area contributed by atoms with Crippen LogP contribution in [0.5, 0.6) is 0 Å². The van der Waals surface area contributed by atoms with Crippen LogP contribution in [0.2, 0.25) is 0 Å². The third-order valence-electron chi connectivity index (χ3n) is 12.3. The molecule has 0 saturated carbocycles. The van der Waals surface area contributed by atoms with Gasteiger partial charge >= 0.3 is 35.8 Å². The van der Waals surface area contributed by atoms with Crippen molar-refractivity contribution in [3.8, 4) is 0 Å². The highest BCUT2D eigenvalue weighted by molar-refractivity contribution is 9.10. The molecule has 0 aromatic carbocycles. The molecule has 2 saturated heterocycles. The Morgan fingerprint density at radius 1 is 0.729 bits per heavy atom. The van der Waals surface area contributed by atoms with Crippen molar-refractivity contribution in [2.24, 2.45) is 44.1 Å². The Balaban J connectivity index is 2.59. The van der Waals surface area contributed by atoms with Crippen molar-refractivity contribution in [1.82, 2.24) is 36.8 Å². The van der Waals surface area contributed by atoms with Gasteiger partial charge in [0.15, 0.2) is 17.7 Å². The van der Waals surface area contributed by atoms with Gasteiger partial charge in [-0.3, -0.25) is 77.6 Å². The molecule has 0 aromatic heterocycles. The summed E-state index contributed by atoms with van der Waals surface area (Å²) in [5.41, 5.74) is 26.1. The molecule has 0 aromatic rings. The van der Waals surface area contributed by atoms with E-state index in [1.165, 1.54) is 27.9 Å². The molecule has 0 bridgehead atoms.